The van der Waals surface area contributed by atoms with Gasteiger partial charge < -0.3 is 25.1 Å². The van der Waals surface area contributed by atoms with Crippen LogP contribution in [0.4, 0.5) is 11.4 Å². The summed E-state index contributed by atoms with van der Waals surface area (Å²) in [5.41, 5.74) is 9.88. The van der Waals surface area contributed by atoms with Crippen LogP contribution in [0.15, 0.2) is 48.2 Å². The number of nitrogens with one attached hydrogen (secondary N) is 3. The predicted octanol–water partition coefficient (Wildman–Crippen LogP) is 8.23. The van der Waals surface area contributed by atoms with Gasteiger partial charge in [-0.2, -0.15) is 5.70 Å². The van der Waals surface area contributed by atoms with Gasteiger partial charge in [0, 0.05) is 50.5 Å². The molecule has 0 unspecified atom stereocenters. The van der Waals surface area contributed by atoms with E-state index in [1.54, 1.807) is 7.11 Å². The molecule has 1 heterocycles. The number of para-hydroxylation sites is 2. The Morgan fingerprint density at radius 1 is 0.784 bits per heavy atom. The molecule has 3 rings (SSSR count). The van der Waals surface area contributed by atoms with E-state index in [9.17, 15) is 0 Å². The minimum absolute atomic E-state index is 0. The maximum atomic E-state index is 5.10. The van der Waals surface area contributed by atoms with Crippen LogP contribution in [0.1, 0.15) is 156 Å². The van der Waals surface area contributed by atoms with Gasteiger partial charge in [0.05, 0.1) is 13.2 Å². The smallest absolute Gasteiger partial charge is 0.661 e. The first-order chi connectivity index (χ1) is 23.6. The Hall–Kier alpha value is -1.90. The van der Waals surface area contributed by atoms with E-state index in [1.165, 1.54) is 40.8 Å². The molecular weight excluding hydrogens is 659 g/mol. The Morgan fingerprint density at radius 3 is 1.63 bits per heavy atom. The number of hydrogen-bond acceptors (Lipinski definition) is 2. The molecule has 7 nitrogen and oxygen atoms in total. The molecule has 0 radical (unpaired) electrons. The van der Waals surface area contributed by atoms with E-state index >= 15 is 0 Å². The number of nitrogens with zero attached hydrogens (tertiary/aromatic N) is 2. The molecule has 2 aromatic carbocycles. The Kier molecular flexibility index (Phi) is 25.8. The fourth-order valence-corrected chi connectivity index (χ4v) is 5.53. The largest absolute Gasteiger partial charge is 2.00 e. The zero-order valence-electron chi connectivity index (χ0n) is 35.2. The molecule has 8 heteroatoms. The molecule has 0 aromatic heterocycles. The van der Waals surface area contributed by atoms with Gasteiger partial charge in [-0.25, -0.2) is 4.99 Å². The average molecular weight is 732 g/mol. The summed E-state index contributed by atoms with van der Waals surface area (Å²) in [6, 6.07) is 14.0. The molecular formula is C43H73CaN5O2+2. The number of hydrogen-bond donors (Lipinski definition) is 3. The first-order valence-corrected chi connectivity index (χ1v) is 19.0. The fraction of sp³-hybridized carbons (Fsp3) is 0.628. The first-order valence-electron chi connectivity index (χ1n) is 19.0. The van der Waals surface area contributed by atoms with Crippen LogP contribution in [0.2, 0.25) is 0 Å². The van der Waals surface area contributed by atoms with Crippen LogP contribution >= 0.6 is 0 Å². The second kappa shape index (κ2) is 26.8. The number of rotatable bonds is 13. The molecule has 3 N–H and O–H groups in total. The molecule has 0 bridgehead atoms. The van der Waals surface area contributed by atoms with Crippen LogP contribution in [0.3, 0.4) is 0 Å². The predicted molar refractivity (Wildman–Crippen MR) is 223 cm³/mol. The Labute approximate surface area is 343 Å². The molecule has 1 saturated heterocycles. The second-order valence-corrected chi connectivity index (χ2v) is 15.1. The summed E-state index contributed by atoms with van der Waals surface area (Å²) < 4.78 is 9.88. The number of allylic oxidation sites excluding steroid dienone is 2. The maximum Gasteiger partial charge on any atom is 2.00 e. The van der Waals surface area contributed by atoms with E-state index < -0.39 is 0 Å². The number of methoxy groups -OCH3 is 1. The van der Waals surface area contributed by atoms with Crippen molar-refractivity contribution in [1.82, 2.24) is 5.32 Å². The third-order valence-electron chi connectivity index (χ3n) is 7.99. The standard InChI is InChI=1S/C29H41N2.C10H22N3O.C4H8O.Ca/c1-18(2)24-13-11-14-25(19(3)4)28(24)30-22(9)17-23(10)31-29-26(20(5)6)15-12-16-27(29)21(7)8;1-8(2)12-10(13-9(3)4)11-6-7-14-5;1-2-4-5-3-1;/h11-21H,1-10H3;8-9H,6-7H2,1-5H3,(H-,11,12,13);1-4H2;/q2*-1;;+2/p+2/b22-17-,31-23?;;;. The summed E-state index contributed by atoms with van der Waals surface area (Å²) in [6.07, 6.45) is 4.72. The van der Waals surface area contributed by atoms with Gasteiger partial charge >= 0.3 is 37.7 Å². The van der Waals surface area contributed by atoms with Crippen molar-refractivity contribution in [1.29, 1.82) is 0 Å². The van der Waals surface area contributed by atoms with Crippen LogP contribution in [0, 0.1) is 0 Å². The average Bonchev–Trinajstić information content (AvgIpc) is 3.61. The number of ether oxygens (including phenoxy) is 2. The first kappa shape index (κ1) is 49.1. The van der Waals surface area contributed by atoms with Crippen LogP contribution < -0.4 is 15.3 Å². The number of benzene rings is 2. The van der Waals surface area contributed by atoms with E-state index in [0.717, 1.165) is 36.3 Å². The van der Waals surface area contributed by atoms with Gasteiger partial charge in [0.2, 0.25) is 5.69 Å². The van der Waals surface area contributed by atoms with E-state index in [1.807, 2.05) is 0 Å². The van der Waals surface area contributed by atoms with Crippen molar-refractivity contribution in [3.63, 3.8) is 0 Å². The second-order valence-electron chi connectivity index (χ2n) is 15.1. The van der Waals surface area contributed by atoms with Crippen molar-refractivity contribution in [2.75, 3.05) is 33.5 Å². The Morgan fingerprint density at radius 2 is 1.25 bits per heavy atom. The van der Waals surface area contributed by atoms with Crippen LogP contribution in [0.5, 0.6) is 0 Å². The molecule has 1 aliphatic rings. The zero-order valence-corrected chi connectivity index (χ0v) is 37.4. The molecule has 282 valence electrons. The zero-order chi connectivity index (χ0) is 37.8. The molecule has 0 saturated carbocycles. The third kappa shape index (κ3) is 19.7. The van der Waals surface area contributed by atoms with Gasteiger partial charge in [0.25, 0.3) is 0 Å². The van der Waals surface area contributed by atoms with Crippen LogP contribution in [-0.2, 0) is 9.47 Å². The summed E-state index contributed by atoms with van der Waals surface area (Å²) in [6.45, 7) is 33.9. The van der Waals surface area contributed by atoms with Crippen LogP contribution in [-0.4, -0.2) is 95.0 Å². The molecule has 0 atom stereocenters. The third-order valence-corrected chi connectivity index (χ3v) is 7.99. The normalized spacial score (nSPS) is 13.7. The maximum absolute atomic E-state index is 5.10. The molecule has 0 aliphatic carbocycles. The Bertz CT molecular complexity index is 1280. The molecule has 2 aromatic rings. The van der Waals surface area contributed by atoms with Gasteiger partial charge in [-0.1, -0.05) is 110 Å². The summed E-state index contributed by atoms with van der Waals surface area (Å²) in [5, 5.41) is 12.7. The molecule has 51 heavy (non-hydrogen) atoms. The van der Waals surface area contributed by atoms with Crippen molar-refractivity contribution in [2.24, 2.45) is 0 Å². The van der Waals surface area contributed by atoms with E-state index in [-0.39, 0.29) is 37.7 Å². The van der Waals surface area contributed by atoms with Crippen molar-refractivity contribution < 1.29 is 19.5 Å². The Balaban J connectivity index is 0.00000103. The van der Waals surface area contributed by atoms with Crippen LogP contribution in [0.25, 0.3) is 10.6 Å². The van der Waals surface area contributed by atoms with Crippen molar-refractivity contribution in [3.05, 3.63) is 81.1 Å². The fourth-order valence-electron chi connectivity index (χ4n) is 5.53. The van der Waals surface area contributed by atoms with Gasteiger partial charge in [-0.05, 0) is 70.3 Å². The molecule has 0 amide bonds. The SMILES string of the molecule is C1CCOC1.CC(/C=C(/C)[N-]c1c(C(C)C)cccc1C(C)C)=[NH+]c1c(C(C)C)cccc1C(C)C.COCC[N-]C(NC(C)C)=[NH+]C(C)C.[Ca+2]. The van der Waals surface area contributed by atoms with Crippen molar-refractivity contribution >= 4 is 60.8 Å². The molecule has 0 spiro atoms. The number of guanidine groups is 1. The molecule has 1 fully saturated rings. The van der Waals surface area contributed by atoms with E-state index in [2.05, 4.69) is 160 Å². The topological polar surface area (TPSA) is 86.6 Å². The minimum atomic E-state index is 0. The van der Waals surface area contributed by atoms with Gasteiger partial charge in [-0.3, -0.25) is 5.32 Å². The van der Waals surface area contributed by atoms with Crippen molar-refractivity contribution in [2.45, 2.75) is 146 Å². The van der Waals surface area contributed by atoms with Gasteiger partial charge in [-0.15, -0.1) is 5.69 Å². The summed E-state index contributed by atoms with van der Waals surface area (Å²) in [4.78, 5) is 6.97. The van der Waals surface area contributed by atoms with Gasteiger partial charge in [0.1, 0.15) is 0 Å². The molecule has 1 aliphatic heterocycles. The summed E-state index contributed by atoms with van der Waals surface area (Å²) in [5.74, 6) is 2.68. The van der Waals surface area contributed by atoms with E-state index in [0.29, 0.717) is 48.9 Å². The summed E-state index contributed by atoms with van der Waals surface area (Å²) >= 11 is 0. The summed E-state index contributed by atoms with van der Waals surface area (Å²) in [7, 11) is 1.68. The minimum Gasteiger partial charge on any atom is -0.661 e. The van der Waals surface area contributed by atoms with E-state index in [4.69, 9.17) is 14.8 Å². The quantitative estimate of drug-likeness (QED) is 0.0840. The van der Waals surface area contributed by atoms with Gasteiger partial charge in [0.15, 0.2) is 11.7 Å². The van der Waals surface area contributed by atoms with Crippen molar-refractivity contribution in [3.8, 4) is 0 Å². The monoisotopic (exact) mass is 732 g/mol.